The lowest BCUT2D eigenvalue weighted by Crippen LogP contribution is -2.29. The third kappa shape index (κ3) is 4.31. The second-order valence-electron chi connectivity index (χ2n) is 8.95. The fourth-order valence-corrected chi connectivity index (χ4v) is 4.38. The molecule has 1 fully saturated rings. The number of hydrogen-bond acceptors (Lipinski definition) is 5. The number of anilines is 1. The first-order valence-corrected chi connectivity index (χ1v) is 11.2. The van der Waals surface area contributed by atoms with Gasteiger partial charge in [0.15, 0.2) is 0 Å². The highest BCUT2D eigenvalue weighted by atomic mass is 16.5. The number of carbonyl (C=O) groups is 2. The summed E-state index contributed by atoms with van der Waals surface area (Å²) in [6.45, 7) is 9.64. The number of nitrogens with zero attached hydrogens (tertiary/aromatic N) is 2. The zero-order valence-electron chi connectivity index (χ0n) is 20.0. The van der Waals surface area contributed by atoms with Gasteiger partial charge in [-0.2, -0.15) is 0 Å². The molecule has 3 aromatic rings. The molecule has 1 atom stereocenters. The predicted molar refractivity (Wildman–Crippen MR) is 132 cm³/mol. The van der Waals surface area contributed by atoms with Crippen molar-refractivity contribution >= 4 is 23.1 Å². The van der Waals surface area contributed by atoms with E-state index in [1.54, 1.807) is 42.7 Å². The summed E-state index contributed by atoms with van der Waals surface area (Å²) in [5, 5.41) is 11.3. The number of aryl methyl sites for hydroxylation is 3. The Hall–Kier alpha value is -3.93. The summed E-state index contributed by atoms with van der Waals surface area (Å²) in [5.74, 6) is -0.938. The van der Waals surface area contributed by atoms with Crippen LogP contribution in [0.4, 0.5) is 5.69 Å². The van der Waals surface area contributed by atoms with Crippen molar-refractivity contribution in [3.05, 3.63) is 94.3 Å². The maximum absolute atomic E-state index is 13.3. The molecule has 2 aromatic carbocycles. The summed E-state index contributed by atoms with van der Waals surface area (Å²) in [5.41, 5.74) is 4.48. The minimum Gasteiger partial charge on any atom is -0.507 e. The van der Waals surface area contributed by atoms with Crippen LogP contribution in [0.3, 0.4) is 0 Å². The quantitative estimate of drug-likeness (QED) is 0.315. The van der Waals surface area contributed by atoms with Crippen LogP contribution in [0.25, 0.3) is 5.76 Å². The average molecular weight is 457 g/mol. The van der Waals surface area contributed by atoms with Gasteiger partial charge in [-0.15, -0.1) is 0 Å². The van der Waals surface area contributed by atoms with Crippen LogP contribution < -0.4 is 9.64 Å². The van der Waals surface area contributed by atoms with Gasteiger partial charge in [0, 0.05) is 23.6 Å². The third-order valence-electron chi connectivity index (χ3n) is 5.74. The van der Waals surface area contributed by atoms with Crippen LogP contribution in [0.5, 0.6) is 5.75 Å². The van der Waals surface area contributed by atoms with Crippen LogP contribution in [0.2, 0.25) is 0 Å². The van der Waals surface area contributed by atoms with Crippen LogP contribution in [0.1, 0.15) is 47.7 Å². The maximum Gasteiger partial charge on any atom is 0.300 e. The van der Waals surface area contributed by atoms with Crippen LogP contribution in [-0.4, -0.2) is 27.9 Å². The Kier molecular flexibility index (Phi) is 6.24. The normalized spacial score (nSPS) is 17.5. The van der Waals surface area contributed by atoms with E-state index in [4.69, 9.17) is 4.74 Å². The zero-order chi connectivity index (χ0) is 24.6. The Morgan fingerprint density at radius 2 is 1.74 bits per heavy atom. The standard InChI is InChI=1S/C28H28N2O4/c1-16(2)34-23-9-8-20(14-19(23)5)26(31)24-25(21-7-6-10-29-15-21)30(28(33)27(24)32)22-12-17(3)11-18(4)13-22/h6-16,25,31H,1-5H3/b26-24-. The van der Waals surface area contributed by atoms with E-state index in [9.17, 15) is 14.7 Å². The maximum atomic E-state index is 13.3. The van der Waals surface area contributed by atoms with E-state index >= 15 is 0 Å². The fourth-order valence-electron chi connectivity index (χ4n) is 4.38. The van der Waals surface area contributed by atoms with E-state index in [2.05, 4.69) is 4.98 Å². The Morgan fingerprint density at radius 1 is 1.03 bits per heavy atom. The van der Waals surface area contributed by atoms with Crippen molar-refractivity contribution in [2.75, 3.05) is 4.90 Å². The Labute approximate surface area is 199 Å². The average Bonchev–Trinajstić information content (AvgIpc) is 3.05. The van der Waals surface area contributed by atoms with Gasteiger partial charge in [0.05, 0.1) is 17.7 Å². The van der Waals surface area contributed by atoms with Crippen molar-refractivity contribution in [2.45, 2.75) is 46.8 Å². The molecule has 6 nitrogen and oxygen atoms in total. The molecule has 1 aromatic heterocycles. The van der Waals surface area contributed by atoms with E-state index < -0.39 is 17.7 Å². The zero-order valence-corrected chi connectivity index (χ0v) is 20.0. The van der Waals surface area contributed by atoms with Crippen molar-refractivity contribution in [2.24, 2.45) is 0 Å². The van der Waals surface area contributed by atoms with Crippen LogP contribution in [-0.2, 0) is 9.59 Å². The number of rotatable bonds is 5. The molecule has 0 bridgehead atoms. The first-order chi connectivity index (χ1) is 16.2. The van der Waals surface area contributed by atoms with Gasteiger partial charge < -0.3 is 9.84 Å². The predicted octanol–water partition coefficient (Wildman–Crippen LogP) is 5.42. The summed E-state index contributed by atoms with van der Waals surface area (Å²) in [7, 11) is 0. The number of pyridine rings is 1. The monoisotopic (exact) mass is 456 g/mol. The highest BCUT2D eigenvalue weighted by Gasteiger charge is 2.47. The molecular formula is C28H28N2O4. The Balaban J connectivity index is 1.90. The topological polar surface area (TPSA) is 79.7 Å². The van der Waals surface area contributed by atoms with Gasteiger partial charge in [-0.1, -0.05) is 12.1 Å². The molecule has 6 heteroatoms. The molecule has 1 unspecified atom stereocenters. The molecule has 0 spiro atoms. The van der Waals surface area contributed by atoms with Crippen molar-refractivity contribution < 1.29 is 19.4 Å². The van der Waals surface area contributed by atoms with Crippen molar-refractivity contribution in [1.82, 2.24) is 4.98 Å². The number of carbonyl (C=O) groups excluding carboxylic acids is 2. The number of aliphatic hydroxyl groups is 1. The number of amides is 1. The van der Waals surface area contributed by atoms with Crippen LogP contribution in [0, 0.1) is 20.8 Å². The van der Waals surface area contributed by atoms with Crippen molar-refractivity contribution in [1.29, 1.82) is 0 Å². The first-order valence-electron chi connectivity index (χ1n) is 11.2. The number of ether oxygens (including phenoxy) is 1. The fraction of sp³-hybridized carbons (Fsp3) is 0.250. The molecule has 1 N–H and O–H groups in total. The molecule has 1 amide bonds. The lowest BCUT2D eigenvalue weighted by molar-refractivity contribution is -0.132. The van der Waals surface area contributed by atoms with Crippen molar-refractivity contribution in [3.8, 4) is 5.75 Å². The van der Waals surface area contributed by atoms with Gasteiger partial charge in [0.25, 0.3) is 11.7 Å². The van der Waals surface area contributed by atoms with Gasteiger partial charge in [-0.05, 0) is 93.3 Å². The second kappa shape index (κ2) is 9.14. The van der Waals surface area contributed by atoms with Gasteiger partial charge in [0.1, 0.15) is 11.5 Å². The van der Waals surface area contributed by atoms with Gasteiger partial charge in [-0.3, -0.25) is 19.5 Å². The molecule has 1 aliphatic rings. The second-order valence-corrected chi connectivity index (χ2v) is 8.95. The summed E-state index contributed by atoms with van der Waals surface area (Å²) < 4.78 is 5.80. The van der Waals surface area contributed by atoms with Gasteiger partial charge in [0.2, 0.25) is 0 Å². The highest BCUT2D eigenvalue weighted by Crippen LogP contribution is 2.42. The van der Waals surface area contributed by atoms with Crippen LogP contribution in [0.15, 0.2) is 66.5 Å². The number of Topliss-reactive ketones (excluding diaryl/α,β-unsaturated/α-hetero) is 1. The molecule has 1 aliphatic heterocycles. The number of ketones is 1. The smallest absolute Gasteiger partial charge is 0.300 e. The molecule has 1 saturated heterocycles. The SMILES string of the molecule is Cc1cc(C)cc(N2C(=O)C(=O)/C(=C(\O)c3ccc(OC(C)C)c(C)c3)C2c2cccnc2)c1. The summed E-state index contributed by atoms with van der Waals surface area (Å²) in [6, 6.07) is 13.7. The third-order valence-corrected chi connectivity index (χ3v) is 5.74. The summed E-state index contributed by atoms with van der Waals surface area (Å²) in [4.78, 5) is 32.2. The molecular weight excluding hydrogens is 428 g/mol. The Morgan fingerprint density at radius 3 is 2.32 bits per heavy atom. The van der Waals surface area contributed by atoms with Crippen molar-refractivity contribution in [3.63, 3.8) is 0 Å². The van der Waals surface area contributed by atoms with E-state index in [-0.39, 0.29) is 17.4 Å². The van der Waals surface area contributed by atoms with E-state index in [0.717, 1.165) is 16.7 Å². The number of benzene rings is 2. The first kappa shape index (κ1) is 23.2. The highest BCUT2D eigenvalue weighted by molar-refractivity contribution is 6.51. The number of hydrogen-bond donors (Lipinski definition) is 1. The summed E-state index contributed by atoms with van der Waals surface area (Å²) >= 11 is 0. The van der Waals surface area contributed by atoms with Crippen LogP contribution >= 0.6 is 0 Å². The molecule has 2 heterocycles. The number of aromatic nitrogens is 1. The summed E-state index contributed by atoms with van der Waals surface area (Å²) in [6.07, 6.45) is 3.25. The molecule has 34 heavy (non-hydrogen) atoms. The number of aliphatic hydroxyl groups excluding tert-OH is 1. The van der Waals surface area contributed by atoms with Gasteiger partial charge >= 0.3 is 0 Å². The molecule has 4 rings (SSSR count). The van der Waals surface area contributed by atoms with E-state index in [1.807, 2.05) is 52.8 Å². The molecule has 0 aliphatic carbocycles. The largest absolute Gasteiger partial charge is 0.507 e. The van der Waals surface area contributed by atoms with E-state index in [1.165, 1.54) is 4.90 Å². The lowest BCUT2D eigenvalue weighted by Gasteiger charge is -2.26. The minimum atomic E-state index is -0.804. The molecule has 0 radical (unpaired) electrons. The lowest BCUT2D eigenvalue weighted by atomic mass is 9.95. The Bertz CT molecular complexity index is 1270. The molecule has 0 saturated carbocycles. The van der Waals surface area contributed by atoms with Gasteiger partial charge in [-0.25, -0.2) is 0 Å². The van der Waals surface area contributed by atoms with E-state index in [0.29, 0.717) is 22.6 Å². The molecule has 174 valence electrons. The minimum absolute atomic E-state index is 0.00633.